The zero-order valence-electron chi connectivity index (χ0n) is 19.7. The van der Waals surface area contributed by atoms with Crippen LogP contribution in [0.1, 0.15) is 43.9 Å². The van der Waals surface area contributed by atoms with Gasteiger partial charge in [-0.05, 0) is 90.0 Å². The number of benzene rings is 2. The largest absolute Gasteiger partial charge is 0.344 e. The third kappa shape index (κ3) is 5.51. The zero-order chi connectivity index (χ0) is 23.3. The molecule has 0 N–H and O–H groups in total. The lowest BCUT2D eigenvalue weighted by Crippen LogP contribution is -2.36. The number of carbonyl (C=O) groups is 1. The van der Waals surface area contributed by atoms with Crippen molar-refractivity contribution in [1.29, 1.82) is 0 Å². The molecule has 1 aliphatic carbocycles. The Balaban J connectivity index is 1.88. The molecule has 3 nitrogen and oxygen atoms in total. The lowest BCUT2D eigenvalue weighted by atomic mass is 10.0. The fourth-order valence-electron chi connectivity index (χ4n) is 4.09. The number of carbonyl (C=O) groups excluding carboxylic acids is 1. The number of hydrogen-bond donors (Lipinski definition) is 0. The highest BCUT2D eigenvalue weighted by Crippen LogP contribution is 2.44. The highest BCUT2D eigenvalue weighted by atomic mass is 32.2. The van der Waals surface area contributed by atoms with E-state index in [0.29, 0.717) is 6.54 Å². The Morgan fingerprint density at radius 2 is 1.72 bits per heavy atom. The number of nitrogens with zero attached hydrogens (tertiary/aromatic N) is 2. The van der Waals surface area contributed by atoms with Gasteiger partial charge in [-0.15, -0.1) is 11.8 Å². The number of halogens is 1. The molecule has 0 fully saturated rings. The third-order valence-electron chi connectivity index (χ3n) is 6.28. The molecule has 2 aromatic carbocycles. The molecule has 0 aliphatic heterocycles. The van der Waals surface area contributed by atoms with Crippen LogP contribution in [0.5, 0.6) is 0 Å². The molecule has 2 aromatic rings. The predicted octanol–water partition coefficient (Wildman–Crippen LogP) is 6.07. The van der Waals surface area contributed by atoms with E-state index in [9.17, 15) is 9.18 Å². The van der Waals surface area contributed by atoms with Gasteiger partial charge in [-0.25, -0.2) is 4.39 Å². The van der Waals surface area contributed by atoms with Crippen LogP contribution in [-0.4, -0.2) is 55.2 Å². The molecule has 1 amide bonds. The van der Waals surface area contributed by atoms with Gasteiger partial charge >= 0.3 is 0 Å². The number of thioether (sulfide) groups is 1. The van der Waals surface area contributed by atoms with Crippen LogP contribution in [0, 0.1) is 5.82 Å². The van der Waals surface area contributed by atoms with Crippen molar-refractivity contribution < 1.29 is 9.18 Å². The molecule has 170 valence electrons. The summed E-state index contributed by atoms with van der Waals surface area (Å²) < 4.78 is 14.1. The normalized spacial score (nSPS) is 14.4. The summed E-state index contributed by atoms with van der Waals surface area (Å²) in [5.41, 5.74) is 5.95. The van der Waals surface area contributed by atoms with E-state index in [1.54, 1.807) is 22.7 Å². The Morgan fingerprint density at radius 1 is 1.03 bits per heavy atom. The summed E-state index contributed by atoms with van der Waals surface area (Å²) in [4.78, 5) is 18.3. The van der Waals surface area contributed by atoms with Gasteiger partial charge in [0.15, 0.2) is 0 Å². The van der Waals surface area contributed by atoms with Gasteiger partial charge in [0.1, 0.15) is 5.82 Å². The molecule has 0 saturated heterocycles. The second-order valence-corrected chi connectivity index (χ2v) is 9.02. The van der Waals surface area contributed by atoms with Gasteiger partial charge in [-0.2, -0.15) is 0 Å². The van der Waals surface area contributed by atoms with E-state index in [1.165, 1.54) is 11.0 Å². The molecular weight excluding hydrogens is 419 g/mol. The van der Waals surface area contributed by atoms with Crippen LogP contribution in [0.25, 0.3) is 17.2 Å². The van der Waals surface area contributed by atoms with Gasteiger partial charge in [0.05, 0.1) is 6.42 Å². The molecule has 5 heteroatoms. The Labute approximate surface area is 196 Å². The molecule has 0 unspecified atom stereocenters. The number of rotatable bonds is 9. The Bertz CT molecular complexity index is 1020. The van der Waals surface area contributed by atoms with Gasteiger partial charge in [0, 0.05) is 25.0 Å². The molecule has 3 rings (SSSR count). The molecule has 0 atom stereocenters. The van der Waals surface area contributed by atoms with Crippen molar-refractivity contribution in [2.75, 3.05) is 39.5 Å². The highest BCUT2D eigenvalue weighted by Gasteiger charge is 2.26. The number of amides is 1. The second-order valence-electron chi connectivity index (χ2n) is 8.14. The van der Waals surface area contributed by atoms with Gasteiger partial charge in [0.2, 0.25) is 5.91 Å². The monoisotopic (exact) mass is 452 g/mol. The average Bonchev–Trinajstić information content (AvgIpc) is 3.05. The lowest BCUT2D eigenvalue weighted by molar-refractivity contribution is -0.128. The van der Waals surface area contributed by atoms with E-state index < -0.39 is 0 Å². The van der Waals surface area contributed by atoms with Crippen molar-refractivity contribution in [3.63, 3.8) is 0 Å². The topological polar surface area (TPSA) is 23.6 Å². The summed E-state index contributed by atoms with van der Waals surface area (Å²) in [6.45, 7) is 9.79. The first-order chi connectivity index (χ1) is 15.4. The molecule has 0 bridgehead atoms. The van der Waals surface area contributed by atoms with Crippen LogP contribution >= 0.6 is 11.8 Å². The van der Waals surface area contributed by atoms with Crippen LogP contribution in [0.3, 0.4) is 0 Å². The Morgan fingerprint density at radius 3 is 2.34 bits per heavy atom. The summed E-state index contributed by atoms with van der Waals surface area (Å²) in [5.74, 6) is -0.214. The van der Waals surface area contributed by atoms with E-state index in [1.807, 2.05) is 20.0 Å². The first-order valence-electron chi connectivity index (χ1n) is 11.2. The van der Waals surface area contributed by atoms with E-state index in [4.69, 9.17) is 0 Å². The standard InChI is InChI=1S/C27H33FN2OS/c1-6-30(7-2)15-14-29(4)27(31)18-25-19(3)24(23-13-10-21(28)17-26(23)25)16-20-8-11-22(32-5)12-9-20/h8-13,16-17H,6-7,14-15,18H2,1-5H3/b24-16-. The summed E-state index contributed by atoms with van der Waals surface area (Å²) >= 11 is 1.71. The maximum absolute atomic E-state index is 14.1. The Kier molecular flexibility index (Phi) is 8.32. The molecule has 0 saturated carbocycles. The van der Waals surface area contributed by atoms with Crippen LogP contribution in [0.15, 0.2) is 52.9 Å². The predicted molar refractivity (Wildman–Crippen MR) is 135 cm³/mol. The summed E-state index contributed by atoms with van der Waals surface area (Å²) in [6, 6.07) is 13.3. The van der Waals surface area contributed by atoms with Crippen molar-refractivity contribution in [1.82, 2.24) is 9.80 Å². The van der Waals surface area contributed by atoms with Crippen molar-refractivity contribution >= 4 is 34.9 Å². The van der Waals surface area contributed by atoms with Crippen LogP contribution in [-0.2, 0) is 4.79 Å². The highest BCUT2D eigenvalue weighted by molar-refractivity contribution is 7.98. The first kappa shape index (κ1) is 24.3. The molecule has 0 aromatic heterocycles. The second kappa shape index (κ2) is 11.0. The van der Waals surface area contributed by atoms with Crippen molar-refractivity contribution in [2.24, 2.45) is 0 Å². The van der Waals surface area contributed by atoms with Crippen LogP contribution in [0.4, 0.5) is 4.39 Å². The van der Waals surface area contributed by atoms with E-state index in [-0.39, 0.29) is 18.1 Å². The van der Waals surface area contributed by atoms with Crippen LogP contribution in [0.2, 0.25) is 0 Å². The maximum Gasteiger partial charge on any atom is 0.226 e. The average molecular weight is 453 g/mol. The smallest absolute Gasteiger partial charge is 0.226 e. The van der Waals surface area contributed by atoms with E-state index in [0.717, 1.165) is 53.0 Å². The number of likely N-dealkylation sites (N-methyl/N-ethyl adjacent to an activating group) is 2. The zero-order valence-corrected chi connectivity index (χ0v) is 20.6. The maximum atomic E-state index is 14.1. The molecule has 0 heterocycles. The number of fused-ring (bicyclic) bond motifs is 1. The molecule has 1 aliphatic rings. The SMILES string of the molecule is CCN(CC)CCN(C)C(=O)CC1=C(C)/C(=C/c2ccc(SC)cc2)c2ccc(F)cc21. The summed E-state index contributed by atoms with van der Waals surface area (Å²) in [7, 11) is 1.85. The van der Waals surface area contributed by atoms with Gasteiger partial charge in [-0.3, -0.25) is 4.79 Å². The first-order valence-corrected chi connectivity index (χ1v) is 12.4. The fourth-order valence-corrected chi connectivity index (χ4v) is 4.50. The third-order valence-corrected chi connectivity index (χ3v) is 7.02. The van der Waals surface area contributed by atoms with Gasteiger partial charge in [0.25, 0.3) is 0 Å². The quantitative estimate of drug-likeness (QED) is 0.432. The molecule has 0 radical (unpaired) electrons. The van der Waals surface area contributed by atoms with Gasteiger partial charge in [-0.1, -0.05) is 32.0 Å². The van der Waals surface area contributed by atoms with E-state index in [2.05, 4.69) is 55.3 Å². The molecule has 32 heavy (non-hydrogen) atoms. The minimum absolute atomic E-state index is 0.0623. The Hall–Kier alpha value is -2.37. The number of allylic oxidation sites excluding steroid dienone is 2. The van der Waals surface area contributed by atoms with Crippen molar-refractivity contribution in [3.8, 4) is 0 Å². The number of hydrogen-bond acceptors (Lipinski definition) is 3. The summed E-state index contributed by atoms with van der Waals surface area (Å²) in [6.07, 6.45) is 4.47. The van der Waals surface area contributed by atoms with Crippen LogP contribution < -0.4 is 0 Å². The van der Waals surface area contributed by atoms with Crippen molar-refractivity contribution in [3.05, 3.63) is 70.5 Å². The van der Waals surface area contributed by atoms with E-state index >= 15 is 0 Å². The van der Waals surface area contributed by atoms with Crippen molar-refractivity contribution in [2.45, 2.75) is 32.1 Å². The molecule has 0 spiro atoms. The minimum atomic E-state index is -0.276. The lowest BCUT2D eigenvalue weighted by Gasteiger charge is -2.23. The minimum Gasteiger partial charge on any atom is -0.344 e. The van der Waals surface area contributed by atoms with Gasteiger partial charge < -0.3 is 9.80 Å². The molecular formula is C27H33FN2OS. The fraction of sp³-hybridized carbons (Fsp3) is 0.370. The summed E-state index contributed by atoms with van der Waals surface area (Å²) in [5, 5.41) is 0.